The molecule has 0 aromatic heterocycles. The zero-order valence-electron chi connectivity index (χ0n) is 17.2. The maximum atomic E-state index is 10.3. The highest BCUT2D eigenvalue weighted by atomic mass is 16.3. The first-order valence-electron chi connectivity index (χ1n) is 11.1. The van der Waals surface area contributed by atoms with Crippen molar-refractivity contribution in [1.82, 2.24) is 0 Å². The van der Waals surface area contributed by atoms with Crippen LogP contribution < -0.4 is 0 Å². The molecule has 150 valence electrons. The molecule has 0 amide bonds. The fourth-order valence-corrected chi connectivity index (χ4v) is 3.54. The highest BCUT2D eigenvalue weighted by molar-refractivity contribution is 4.85. The van der Waals surface area contributed by atoms with Crippen LogP contribution in [0.3, 0.4) is 0 Å². The summed E-state index contributed by atoms with van der Waals surface area (Å²) in [5, 5.41) is 20.5. The minimum Gasteiger partial charge on any atom is -0.393 e. The minimum absolute atomic E-state index is 0.134. The van der Waals surface area contributed by atoms with Crippen LogP contribution in [0.25, 0.3) is 0 Å². The second-order valence-corrected chi connectivity index (χ2v) is 7.82. The van der Waals surface area contributed by atoms with E-state index in [1.54, 1.807) is 0 Å². The number of aliphatic hydroxyl groups is 2. The molecule has 0 fully saturated rings. The Morgan fingerprint density at radius 2 is 1.12 bits per heavy atom. The molecule has 2 heteroatoms. The van der Waals surface area contributed by atoms with Gasteiger partial charge in [0.2, 0.25) is 0 Å². The summed E-state index contributed by atoms with van der Waals surface area (Å²) in [6.45, 7) is 8.34. The molecule has 2 nitrogen and oxygen atoms in total. The molecule has 25 heavy (non-hydrogen) atoms. The van der Waals surface area contributed by atoms with Crippen molar-refractivity contribution in [1.29, 1.82) is 0 Å². The quantitative estimate of drug-likeness (QED) is 0.198. The first kappa shape index (κ1) is 24.7. The predicted octanol–water partition coefficient (Wildman–Crippen LogP) is 6.79. The number of unbranched alkanes of at least 4 members (excludes halogenated alkanes) is 11. The van der Waals surface area contributed by atoms with Crippen LogP contribution in [-0.2, 0) is 0 Å². The molecule has 0 bridgehead atoms. The lowest BCUT2D eigenvalue weighted by Gasteiger charge is -2.22. The van der Waals surface area contributed by atoms with Crippen molar-refractivity contribution in [2.24, 2.45) is 5.92 Å². The molecule has 0 spiro atoms. The van der Waals surface area contributed by atoms with Crippen LogP contribution in [0, 0.1) is 5.92 Å². The molecule has 0 unspecified atom stereocenters. The molecule has 0 heterocycles. The molecule has 0 aromatic carbocycles. The summed E-state index contributed by atoms with van der Waals surface area (Å²) >= 11 is 0. The molecule has 0 aliphatic carbocycles. The lowest BCUT2D eigenvalue weighted by Crippen LogP contribution is -2.24. The molecular weight excluding hydrogens is 308 g/mol. The van der Waals surface area contributed by atoms with Gasteiger partial charge in [-0.15, -0.1) is 6.58 Å². The van der Waals surface area contributed by atoms with Gasteiger partial charge in [0.05, 0.1) is 12.2 Å². The van der Waals surface area contributed by atoms with E-state index < -0.39 is 6.10 Å². The zero-order chi connectivity index (χ0) is 18.8. The summed E-state index contributed by atoms with van der Waals surface area (Å²) in [5.74, 6) is 0.134. The zero-order valence-corrected chi connectivity index (χ0v) is 17.2. The maximum Gasteiger partial charge on any atom is 0.0627 e. The summed E-state index contributed by atoms with van der Waals surface area (Å²) in [6.07, 6.45) is 20.0. The van der Waals surface area contributed by atoms with Crippen molar-refractivity contribution in [2.75, 3.05) is 0 Å². The van der Waals surface area contributed by atoms with Crippen molar-refractivity contribution in [2.45, 2.75) is 129 Å². The fourth-order valence-electron chi connectivity index (χ4n) is 3.54. The third-order valence-corrected chi connectivity index (χ3v) is 5.34. The topological polar surface area (TPSA) is 40.5 Å². The van der Waals surface area contributed by atoms with E-state index in [0.29, 0.717) is 6.42 Å². The van der Waals surface area contributed by atoms with Gasteiger partial charge in [-0.3, -0.25) is 0 Å². The highest BCUT2D eigenvalue weighted by Crippen LogP contribution is 2.21. The smallest absolute Gasteiger partial charge is 0.0627 e. The van der Waals surface area contributed by atoms with E-state index in [0.717, 1.165) is 25.7 Å². The van der Waals surface area contributed by atoms with E-state index in [9.17, 15) is 10.2 Å². The van der Waals surface area contributed by atoms with Crippen LogP contribution in [0.2, 0.25) is 0 Å². The second-order valence-electron chi connectivity index (χ2n) is 7.82. The third kappa shape index (κ3) is 15.6. The van der Waals surface area contributed by atoms with Gasteiger partial charge in [0.1, 0.15) is 0 Å². The summed E-state index contributed by atoms with van der Waals surface area (Å²) in [6, 6.07) is 0. The van der Waals surface area contributed by atoms with E-state index in [4.69, 9.17) is 0 Å². The van der Waals surface area contributed by atoms with Crippen LogP contribution in [0.15, 0.2) is 12.7 Å². The van der Waals surface area contributed by atoms with Gasteiger partial charge < -0.3 is 10.2 Å². The van der Waals surface area contributed by atoms with E-state index in [1.165, 1.54) is 70.6 Å². The molecule has 2 N–H and O–H groups in total. The highest BCUT2D eigenvalue weighted by Gasteiger charge is 2.19. The standard InChI is InChI=1S/C23H46O2/c1-4-7-9-11-12-13-14-15-17-19-22(24)20-23(25)21(6-3)18-16-10-8-5-2/h6,21-25H,3-5,7-20H2,1-2H3/t21-,22+,23-/m0/s1. The first-order chi connectivity index (χ1) is 12.2. The van der Waals surface area contributed by atoms with E-state index in [2.05, 4.69) is 20.4 Å². The predicted molar refractivity (Wildman–Crippen MR) is 111 cm³/mol. The Morgan fingerprint density at radius 1 is 0.680 bits per heavy atom. The fraction of sp³-hybridized carbons (Fsp3) is 0.913. The van der Waals surface area contributed by atoms with E-state index >= 15 is 0 Å². The summed E-state index contributed by atoms with van der Waals surface area (Å²) < 4.78 is 0. The monoisotopic (exact) mass is 354 g/mol. The van der Waals surface area contributed by atoms with Gasteiger partial charge in [-0.1, -0.05) is 103 Å². The number of aliphatic hydroxyl groups excluding tert-OH is 2. The molecule has 0 aliphatic heterocycles. The molecule has 3 atom stereocenters. The SMILES string of the molecule is C=C[C@@H](CCCCCC)[C@@H](O)C[C@H](O)CCCCCCCCCCC. The van der Waals surface area contributed by atoms with Gasteiger partial charge in [0.25, 0.3) is 0 Å². The van der Waals surface area contributed by atoms with Crippen molar-refractivity contribution in [3.63, 3.8) is 0 Å². The van der Waals surface area contributed by atoms with E-state index in [-0.39, 0.29) is 12.0 Å². The van der Waals surface area contributed by atoms with Gasteiger partial charge in [-0.25, -0.2) is 0 Å². The van der Waals surface area contributed by atoms with Gasteiger partial charge in [0, 0.05) is 5.92 Å². The Bertz CT molecular complexity index is 277. The molecule has 0 rings (SSSR count). The van der Waals surface area contributed by atoms with Crippen LogP contribution in [-0.4, -0.2) is 22.4 Å². The van der Waals surface area contributed by atoms with Gasteiger partial charge >= 0.3 is 0 Å². The van der Waals surface area contributed by atoms with Gasteiger partial charge in [0.15, 0.2) is 0 Å². The average molecular weight is 355 g/mol. The maximum absolute atomic E-state index is 10.3. The Balaban J connectivity index is 3.64. The molecule has 0 saturated carbocycles. The Hall–Kier alpha value is -0.340. The molecule has 0 radical (unpaired) electrons. The minimum atomic E-state index is -0.437. The molecule has 0 aliphatic rings. The Morgan fingerprint density at radius 3 is 1.64 bits per heavy atom. The Kier molecular flexibility index (Phi) is 18.2. The second kappa shape index (κ2) is 18.5. The van der Waals surface area contributed by atoms with Crippen LogP contribution >= 0.6 is 0 Å². The van der Waals surface area contributed by atoms with Gasteiger partial charge in [-0.2, -0.15) is 0 Å². The van der Waals surface area contributed by atoms with Crippen molar-refractivity contribution in [3.8, 4) is 0 Å². The first-order valence-corrected chi connectivity index (χ1v) is 11.1. The summed E-state index contributed by atoms with van der Waals surface area (Å²) in [4.78, 5) is 0. The normalized spacial score (nSPS) is 15.0. The number of hydrogen-bond donors (Lipinski definition) is 2. The molecular formula is C23H46O2. The largest absolute Gasteiger partial charge is 0.393 e. The van der Waals surface area contributed by atoms with Crippen LogP contribution in [0.1, 0.15) is 117 Å². The number of rotatable bonds is 19. The van der Waals surface area contributed by atoms with Crippen LogP contribution in [0.5, 0.6) is 0 Å². The molecule has 0 aromatic rings. The van der Waals surface area contributed by atoms with Crippen molar-refractivity contribution >= 4 is 0 Å². The lowest BCUT2D eigenvalue weighted by molar-refractivity contribution is 0.0488. The van der Waals surface area contributed by atoms with Gasteiger partial charge in [-0.05, 0) is 19.3 Å². The van der Waals surface area contributed by atoms with Crippen molar-refractivity contribution in [3.05, 3.63) is 12.7 Å². The molecule has 0 saturated heterocycles. The summed E-state index contributed by atoms with van der Waals surface area (Å²) in [5.41, 5.74) is 0. The third-order valence-electron chi connectivity index (χ3n) is 5.34. The average Bonchev–Trinajstić information content (AvgIpc) is 2.60. The Labute approximate surface area is 158 Å². The van der Waals surface area contributed by atoms with E-state index in [1.807, 2.05) is 6.08 Å². The van der Waals surface area contributed by atoms with Crippen molar-refractivity contribution < 1.29 is 10.2 Å². The number of hydrogen-bond acceptors (Lipinski definition) is 2. The lowest BCUT2D eigenvalue weighted by atomic mass is 9.91. The van der Waals surface area contributed by atoms with Crippen LogP contribution in [0.4, 0.5) is 0 Å². The summed E-state index contributed by atoms with van der Waals surface area (Å²) in [7, 11) is 0.